The molecular weight excluding hydrogens is 301 g/mol. The van der Waals surface area contributed by atoms with E-state index in [0.29, 0.717) is 5.52 Å². The van der Waals surface area contributed by atoms with Crippen molar-refractivity contribution in [2.75, 3.05) is 0 Å². The van der Waals surface area contributed by atoms with Gasteiger partial charge in [0.25, 0.3) is 0 Å². The van der Waals surface area contributed by atoms with Gasteiger partial charge in [-0.2, -0.15) is 13.2 Å². The minimum atomic E-state index is -4.53. The molecule has 0 aliphatic rings. The van der Waals surface area contributed by atoms with Gasteiger partial charge in [0, 0.05) is 35.8 Å². The van der Waals surface area contributed by atoms with Crippen molar-refractivity contribution in [1.82, 2.24) is 9.72 Å². The zero-order valence-electron chi connectivity index (χ0n) is 11.2. The monoisotopic (exact) mass is 310 g/mol. The fraction of sp³-hybridized carbons (Fsp3) is 0.143. The minimum Gasteiger partial charge on any atom is -0.475 e. The number of carboxylic acids is 1. The van der Waals surface area contributed by atoms with E-state index in [-0.39, 0.29) is 16.6 Å². The van der Waals surface area contributed by atoms with E-state index in [1.54, 1.807) is 13.1 Å². The van der Waals surface area contributed by atoms with Crippen molar-refractivity contribution in [2.45, 2.75) is 6.18 Å². The van der Waals surface area contributed by atoms with Gasteiger partial charge in [-0.1, -0.05) is 11.2 Å². The summed E-state index contributed by atoms with van der Waals surface area (Å²) in [5, 5.41) is 12.3. The SMILES string of the molecule is Cn1cc(-c2cc(C(=O)O)on2)c2c(C(F)(F)F)cccc21. The second-order valence-electron chi connectivity index (χ2n) is 4.73. The Morgan fingerprint density at radius 1 is 1.36 bits per heavy atom. The lowest BCUT2D eigenvalue weighted by Gasteiger charge is -2.09. The molecule has 0 saturated carbocycles. The molecule has 1 aromatic carbocycles. The molecule has 1 N–H and O–H groups in total. The Morgan fingerprint density at radius 2 is 2.09 bits per heavy atom. The van der Waals surface area contributed by atoms with Crippen molar-refractivity contribution in [1.29, 1.82) is 0 Å². The van der Waals surface area contributed by atoms with Crippen molar-refractivity contribution in [2.24, 2.45) is 7.05 Å². The average molecular weight is 310 g/mol. The van der Waals surface area contributed by atoms with E-state index in [0.717, 1.165) is 12.1 Å². The lowest BCUT2D eigenvalue weighted by molar-refractivity contribution is -0.136. The predicted molar refractivity (Wildman–Crippen MR) is 70.4 cm³/mol. The molecule has 0 aliphatic carbocycles. The molecule has 2 heterocycles. The van der Waals surface area contributed by atoms with E-state index >= 15 is 0 Å². The first-order valence-electron chi connectivity index (χ1n) is 6.14. The highest BCUT2D eigenvalue weighted by Gasteiger charge is 2.34. The molecule has 0 radical (unpaired) electrons. The van der Waals surface area contributed by atoms with Crippen molar-refractivity contribution in [3.8, 4) is 11.3 Å². The van der Waals surface area contributed by atoms with Crippen LogP contribution in [-0.2, 0) is 13.2 Å². The van der Waals surface area contributed by atoms with Gasteiger partial charge in [-0.05, 0) is 12.1 Å². The smallest absolute Gasteiger partial charge is 0.417 e. The minimum absolute atomic E-state index is 0.0391. The molecule has 0 bridgehead atoms. The first kappa shape index (κ1) is 14.2. The van der Waals surface area contributed by atoms with Gasteiger partial charge in [-0.15, -0.1) is 0 Å². The topological polar surface area (TPSA) is 68.3 Å². The largest absolute Gasteiger partial charge is 0.475 e. The van der Waals surface area contributed by atoms with E-state index in [2.05, 4.69) is 9.68 Å². The summed E-state index contributed by atoms with van der Waals surface area (Å²) in [6, 6.07) is 4.95. The number of aryl methyl sites for hydroxylation is 1. The van der Waals surface area contributed by atoms with Gasteiger partial charge < -0.3 is 14.2 Å². The third-order valence-corrected chi connectivity index (χ3v) is 3.32. The number of rotatable bonds is 2. The molecule has 0 aliphatic heterocycles. The van der Waals surface area contributed by atoms with Gasteiger partial charge in [0.1, 0.15) is 5.69 Å². The van der Waals surface area contributed by atoms with Crippen LogP contribution in [0.1, 0.15) is 16.1 Å². The number of alkyl halides is 3. The molecule has 114 valence electrons. The van der Waals surface area contributed by atoms with Gasteiger partial charge in [-0.3, -0.25) is 0 Å². The number of aromatic carboxylic acids is 1. The molecule has 0 amide bonds. The van der Waals surface area contributed by atoms with E-state index in [1.807, 2.05) is 0 Å². The fourth-order valence-electron chi connectivity index (χ4n) is 2.38. The number of fused-ring (bicyclic) bond motifs is 1. The summed E-state index contributed by atoms with van der Waals surface area (Å²) >= 11 is 0. The number of hydrogen-bond donors (Lipinski definition) is 1. The van der Waals surface area contributed by atoms with Gasteiger partial charge in [0.2, 0.25) is 5.76 Å². The van der Waals surface area contributed by atoms with Crippen LogP contribution in [0.15, 0.2) is 35.0 Å². The number of halogens is 3. The highest BCUT2D eigenvalue weighted by Crippen LogP contribution is 2.40. The van der Waals surface area contributed by atoms with E-state index in [9.17, 15) is 18.0 Å². The Labute approximate surface area is 121 Å². The Kier molecular flexibility index (Phi) is 2.98. The standard InChI is InChI=1S/C14H9F3N2O3/c1-19-6-7(9-5-11(13(20)21)22-18-9)12-8(14(15,16)17)3-2-4-10(12)19/h2-6H,1H3,(H,20,21). The predicted octanol–water partition coefficient (Wildman–Crippen LogP) is 3.55. The molecule has 0 atom stereocenters. The van der Waals surface area contributed by atoms with E-state index in [4.69, 9.17) is 5.11 Å². The molecule has 3 rings (SSSR count). The molecule has 0 spiro atoms. The number of nitrogens with zero attached hydrogens (tertiary/aromatic N) is 2. The maximum Gasteiger partial charge on any atom is 0.417 e. The summed E-state index contributed by atoms with van der Waals surface area (Å²) in [4.78, 5) is 10.8. The normalized spacial score (nSPS) is 12.0. The Hall–Kier alpha value is -2.77. The van der Waals surface area contributed by atoms with Crippen LogP contribution in [-0.4, -0.2) is 20.8 Å². The second-order valence-corrected chi connectivity index (χ2v) is 4.73. The molecule has 2 aromatic heterocycles. The Bertz CT molecular complexity index is 877. The zero-order chi connectivity index (χ0) is 16.1. The number of hydrogen-bond acceptors (Lipinski definition) is 3. The van der Waals surface area contributed by atoms with Crippen LogP contribution in [0.2, 0.25) is 0 Å². The maximum absolute atomic E-state index is 13.2. The molecule has 0 unspecified atom stereocenters. The number of aromatic nitrogens is 2. The van der Waals surface area contributed by atoms with Crippen molar-refractivity contribution in [3.05, 3.63) is 41.8 Å². The van der Waals surface area contributed by atoms with Crippen LogP contribution < -0.4 is 0 Å². The summed E-state index contributed by atoms with van der Waals surface area (Å²) in [5.74, 6) is -1.77. The molecule has 22 heavy (non-hydrogen) atoms. The van der Waals surface area contributed by atoms with Crippen molar-refractivity contribution < 1.29 is 27.6 Å². The van der Waals surface area contributed by atoms with Crippen molar-refractivity contribution in [3.63, 3.8) is 0 Å². The summed E-state index contributed by atoms with van der Waals surface area (Å²) in [6.45, 7) is 0. The van der Waals surface area contributed by atoms with E-state index in [1.165, 1.54) is 16.8 Å². The summed E-state index contributed by atoms with van der Waals surface area (Å²) < 4.78 is 45.8. The first-order valence-corrected chi connectivity index (χ1v) is 6.14. The van der Waals surface area contributed by atoms with Gasteiger partial charge in [0.15, 0.2) is 0 Å². The quantitative estimate of drug-likeness (QED) is 0.786. The molecular formula is C14H9F3N2O3. The van der Waals surface area contributed by atoms with Crippen LogP contribution in [0.25, 0.3) is 22.2 Å². The van der Waals surface area contributed by atoms with Gasteiger partial charge in [0.05, 0.1) is 5.56 Å². The van der Waals surface area contributed by atoms with Crippen LogP contribution >= 0.6 is 0 Å². The summed E-state index contributed by atoms with van der Waals surface area (Å²) in [7, 11) is 1.60. The number of benzene rings is 1. The summed E-state index contributed by atoms with van der Waals surface area (Å²) in [6.07, 6.45) is -3.07. The average Bonchev–Trinajstić information content (AvgIpc) is 3.03. The lowest BCUT2D eigenvalue weighted by Crippen LogP contribution is -2.05. The molecule has 5 nitrogen and oxygen atoms in total. The highest BCUT2D eigenvalue weighted by molar-refractivity contribution is 5.98. The van der Waals surface area contributed by atoms with Crippen LogP contribution in [0, 0.1) is 0 Å². The number of carboxylic acid groups (broad SMARTS) is 1. The van der Waals surface area contributed by atoms with Crippen molar-refractivity contribution >= 4 is 16.9 Å². The Balaban J connectivity index is 2.32. The number of carbonyl (C=O) groups is 1. The molecule has 0 saturated heterocycles. The third-order valence-electron chi connectivity index (χ3n) is 3.32. The zero-order valence-corrected chi connectivity index (χ0v) is 11.2. The second kappa shape index (κ2) is 4.62. The van der Waals surface area contributed by atoms with Crippen LogP contribution in [0.4, 0.5) is 13.2 Å². The third kappa shape index (κ3) is 2.12. The van der Waals surface area contributed by atoms with Gasteiger partial charge >= 0.3 is 12.1 Å². The maximum atomic E-state index is 13.2. The molecule has 0 fully saturated rings. The highest BCUT2D eigenvalue weighted by atomic mass is 19.4. The van der Waals surface area contributed by atoms with Crippen LogP contribution in [0.5, 0.6) is 0 Å². The van der Waals surface area contributed by atoms with Crippen LogP contribution in [0.3, 0.4) is 0 Å². The van der Waals surface area contributed by atoms with Gasteiger partial charge in [-0.25, -0.2) is 4.79 Å². The summed E-state index contributed by atoms with van der Waals surface area (Å²) in [5.41, 5.74) is -0.230. The molecule has 3 aromatic rings. The Morgan fingerprint density at radius 3 is 2.68 bits per heavy atom. The van der Waals surface area contributed by atoms with E-state index < -0.39 is 23.5 Å². The lowest BCUT2D eigenvalue weighted by atomic mass is 10.0. The molecule has 8 heteroatoms. The fourth-order valence-corrected chi connectivity index (χ4v) is 2.38. The first-order chi connectivity index (χ1) is 10.3.